The molecule has 0 radical (unpaired) electrons. The van der Waals surface area contributed by atoms with Crippen molar-refractivity contribution in [2.75, 3.05) is 34.5 Å². The maximum absolute atomic E-state index is 14.0. The van der Waals surface area contributed by atoms with Gasteiger partial charge in [-0.2, -0.15) is 0 Å². The highest BCUT2D eigenvalue weighted by atomic mass is 16.5. The molecule has 2 aromatic heterocycles. The molecule has 5 aromatic rings. The second-order valence-electron chi connectivity index (χ2n) is 16.6. The third-order valence-corrected chi connectivity index (χ3v) is 12.7. The molecule has 3 aliphatic heterocycles. The first-order chi connectivity index (χ1) is 29.4. The Morgan fingerprint density at radius 1 is 0.918 bits per heavy atom. The van der Waals surface area contributed by atoms with E-state index in [2.05, 4.69) is 57.0 Å². The molecule has 4 N–H and O–H groups in total. The average Bonchev–Trinajstić information content (AvgIpc) is 4.09. The molecule has 8 rings (SSSR count). The first-order valence-electron chi connectivity index (χ1n) is 21.0. The molecule has 5 heterocycles. The largest absolute Gasteiger partial charge is 0.488 e. The van der Waals surface area contributed by atoms with Gasteiger partial charge >= 0.3 is 12.2 Å². The highest BCUT2D eigenvalue weighted by Gasteiger charge is 2.42. The van der Waals surface area contributed by atoms with Crippen molar-refractivity contribution in [1.82, 2.24) is 40.4 Å². The number of carbonyl (C=O) groups excluding carboxylic acids is 4. The molecule has 3 aromatic carbocycles. The highest BCUT2D eigenvalue weighted by molar-refractivity contribution is 6.07. The summed E-state index contributed by atoms with van der Waals surface area (Å²) in [6, 6.07) is 12.5. The monoisotopic (exact) mass is 834 g/mol. The normalized spacial score (nSPS) is 21.0. The van der Waals surface area contributed by atoms with Gasteiger partial charge in [-0.1, -0.05) is 38.5 Å². The van der Waals surface area contributed by atoms with Crippen molar-refractivity contribution in [1.29, 1.82) is 0 Å². The van der Waals surface area contributed by atoms with E-state index in [0.29, 0.717) is 37.8 Å². The molecule has 322 valence electrons. The van der Waals surface area contributed by atoms with Gasteiger partial charge in [-0.15, -0.1) is 0 Å². The number of ether oxygens (including phenoxy) is 4. The molecule has 16 heteroatoms. The number of nitrogens with one attached hydrogen (secondary N) is 4. The minimum atomic E-state index is -0.781. The first kappa shape index (κ1) is 41.6. The number of amides is 4. The van der Waals surface area contributed by atoms with Gasteiger partial charge < -0.3 is 49.3 Å². The van der Waals surface area contributed by atoms with Crippen LogP contribution in [-0.4, -0.2) is 106 Å². The lowest BCUT2D eigenvalue weighted by Crippen LogP contribution is -2.53. The number of hydrogen-bond acceptors (Lipinski definition) is 10. The molecule has 0 aliphatic carbocycles. The van der Waals surface area contributed by atoms with Crippen LogP contribution in [0, 0.1) is 11.8 Å². The maximum atomic E-state index is 14.0. The van der Waals surface area contributed by atoms with E-state index in [4.69, 9.17) is 28.9 Å². The number of fused-ring (bicyclic) bond motifs is 6. The van der Waals surface area contributed by atoms with E-state index in [0.717, 1.165) is 74.8 Å². The summed E-state index contributed by atoms with van der Waals surface area (Å²) in [6.07, 6.45) is 3.48. The molecule has 0 unspecified atom stereocenters. The predicted molar refractivity (Wildman–Crippen MR) is 227 cm³/mol. The zero-order valence-electron chi connectivity index (χ0n) is 35.7. The van der Waals surface area contributed by atoms with Crippen LogP contribution in [0.2, 0.25) is 0 Å². The Hall–Kier alpha value is -6.16. The Labute approximate surface area is 354 Å². The van der Waals surface area contributed by atoms with Gasteiger partial charge in [-0.05, 0) is 85.4 Å². The van der Waals surface area contributed by atoms with Crippen molar-refractivity contribution in [3.63, 3.8) is 0 Å². The standard InChI is InChI=1S/C45H54N8O8/c1-8-23(2)38(51-45(57)60-7)43(55)53-24(3)9-14-35(53)40-46-19-34(49-40)28-10-12-30-29(16-28)22-61-37-18-31-27(17-32(30)37)11-13-33-39(31)50-41(48-33)36-15-26(21-58-5)20-52(36)42(54)25(4)47-44(56)59-6/h10-13,16-19,23-26,35-36,38H,8-9,14-15,20-22H2,1-7H3,(H,46,49)(H,47,56)(H,48,50)(H,51,57)/t23-,24-,25-,26-,35-,36-,38-/m0/s1. The van der Waals surface area contributed by atoms with Crippen molar-refractivity contribution >= 4 is 45.8 Å². The highest BCUT2D eigenvalue weighted by Crippen LogP contribution is 2.44. The van der Waals surface area contributed by atoms with E-state index < -0.39 is 24.3 Å². The van der Waals surface area contributed by atoms with Crippen LogP contribution >= 0.6 is 0 Å². The molecule has 3 aliphatic rings. The second kappa shape index (κ2) is 17.1. The second-order valence-corrected chi connectivity index (χ2v) is 16.6. The van der Waals surface area contributed by atoms with Crippen LogP contribution in [0.5, 0.6) is 5.75 Å². The fourth-order valence-corrected chi connectivity index (χ4v) is 9.27. The molecule has 0 spiro atoms. The summed E-state index contributed by atoms with van der Waals surface area (Å²) in [4.78, 5) is 72.2. The Bertz CT molecular complexity index is 2480. The summed E-state index contributed by atoms with van der Waals surface area (Å²) in [7, 11) is 4.22. The number of aromatic nitrogens is 4. The van der Waals surface area contributed by atoms with Crippen LogP contribution < -0.4 is 15.4 Å². The third-order valence-electron chi connectivity index (χ3n) is 12.7. The summed E-state index contributed by atoms with van der Waals surface area (Å²) in [5.41, 5.74) is 6.51. The Balaban J connectivity index is 1.04. The summed E-state index contributed by atoms with van der Waals surface area (Å²) >= 11 is 0. The fraction of sp³-hybridized carbons (Fsp3) is 0.467. The molecule has 7 atom stereocenters. The van der Waals surface area contributed by atoms with Gasteiger partial charge in [0.1, 0.15) is 36.1 Å². The minimum absolute atomic E-state index is 0.0187. The lowest BCUT2D eigenvalue weighted by molar-refractivity contribution is -0.137. The first-order valence-corrected chi connectivity index (χ1v) is 21.0. The molecule has 0 saturated carbocycles. The minimum Gasteiger partial charge on any atom is -0.488 e. The van der Waals surface area contributed by atoms with Gasteiger partial charge in [0.15, 0.2) is 0 Å². The number of nitrogens with zero attached hydrogens (tertiary/aromatic N) is 4. The summed E-state index contributed by atoms with van der Waals surface area (Å²) in [5, 5.41) is 7.33. The number of imidazole rings is 2. The average molecular weight is 835 g/mol. The van der Waals surface area contributed by atoms with E-state index in [1.165, 1.54) is 14.2 Å². The van der Waals surface area contributed by atoms with Crippen LogP contribution in [0.3, 0.4) is 0 Å². The lowest BCUT2D eigenvalue weighted by Gasteiger charge is -2.33. The molecule has 16 nitrogen and oxygen atoms in total. The van der Waals surface area contributed by atoms with Crippen LogP contribution in [-0.2, 0) is 30.4 Å². The number of hydrogen-bond donors (Lipinski definition) is 4. The molecule has 0 bridgehead atoms. The number of likely N-dealkylation sites (tertiary alicyclic amines) is 2. The van der Waals surface area contributed by atoms with Crippen molar-refractivity contribution < 1.29 is 38.1 Å². The maximum Gasteiger partial charge on any atom is 0.407 e. The topological polar surface area (TPSA) is 193 Å². The van der Waals surface area contributed by atoms with Crippen molar-refractivity contribution in [3.8, 4) is 28.1 Å². The lowest BCUT2D eigenvalue weighted by atomic mass is 9.92. The molecule has 4 amide bonds. The van der Waals surface area contributed by atoms with E-state index in [1.54, 1.807) is 18.9 Å². The number of methoxy groups -OCH3 is 3. The van der Waals surface area contributed by atoms with Gasteiger partial charge in [0, 0.05) is 36.6 Å². The zero-order chi connectivity index (χ0) is 43.1. The van der Waals surface area contributed by atoms with Crippen LogP contribution in [0.25, 0.3) is 44.2 Å². The predicted octanol–water partition coefficient (Wildman–Crippen LogP) is 6.77. The number of carbonyl (C=O) groups is 4. The van der Waals surface area contributed by atoms with Crippen molar-refractivity contribution in [2.45, 2.75) is 90.2 Å². The smallest absolute Gasteiger partial charge is 0.407 e. The van der Waals surface area contributed by atoms with Crippen LogP contribution in [0.4, 0.5) is 9.59 Å². The molecule has 61 heavy (non-hydrogen) atoms. The molecule has 2 saturated heterocycles. The number of rotatable bonds is 11. The Kier molecular flexibility index (Phi) is 11.6. The van der Waals surface area contributed by atoms with E-state index in [1.807, 2.05) is 37.9 Å². The molecular formula is C45H54N8O8. The number of aromatic amines is 2. The van der Waals surface area contributed by atoms with E-state index >= 15 is 0 Å². The summed E-state index contributed by atoms with van der Waals surface area (Å²) in [6.45, 7) is 8.99. The van der Waals surface area contributed by atoms with Crippen molar-refractivity contribution in [3.05, 3.63) is 65.9 Å². The molecular weight excluding hydrogens is 781 g/mol. The van der Waals surface area contributed by atoms with Gasteiger partial charge in [0.25, 0.3) is 0 Å². The quantitative estimate of drug-likeness (QED) is 0.110. The van der Waals surface area contributed by atoms with Crippen LogP contribution in [0.1, 0.15) is 82.7 Å². The van der Waals surface area contributed by atoms with E-state index in [-0.39, 0.29) is 41.8 Å². The third kappa shape index (κ3) is 7.84. The van der Waals surface area contributed by atoms with Gasteiger partial charge in [-0.25, -0.2) is 19.6 Å². The molecule has 2 fully saturated rings. The Morgan fingerprint density at radius 3 is 2.46 bits per heavy atom. The fourth-order valence-electron chi connectivity index (χ4n) is 9.27. The van der Waals surface area contributed by atoms with Gasteiger partial charge in [-0.3, -0.25) is 9.59 Å². The zero-order valence-corrected chi connectivity index (χ0v) is 35.7. The SMILES string of the molecule is CC[C@H](C)[C@H](NC(=O)OC)C(=O)N1[C@@H](C)CC[C@H]1c1ncc(-c2ccc3c(c2)COc2cc4c(ccc5nc([C@@H]6C[C@H](COC)CN6C(=O)[C@H](C)NC(=O)OC)[nH]c54)cc2-3)[nH]1. The number of H-pyrrole nitrogens is 2. The number of alkyl carbamates (subject to hydrolysis) is 2. The summed E-state index contributed by atoms with van der Waals surface area (Å²) < 4.78 is 21.5. The van der Waals surface area contributed by atoms with E-state index in [9.17, 15) is 19.2 Å². The van der Waals surface area contributed by atoms with Crippen LogP contribution in [0.15, 0.2) is 48.7 Å². The van der Waals surface area contributed by atoms with Gasteiger partial charge in [0.2, 0.25) is 11.8 Å². The summed E-state index contributed by atoms with van der Waals surface area (Å²) in [5.74, 6) is 1.81. The number of benzene rings is 3. The van der Waals surface area contributed by atoms with Gasteiger partial charge in [0.05, 0.1) is 55.8 Å². The van der Waals surface area contributed by atoms with Crippen molar-refractivity contribution in [2.24, 2.45) is 11.8 Å². The Morgan fingerprint density at radius 2 is 1.70 bits per heavy atom.